The first-order chi connectivity index (χ1) is 25.8. The Morgan fingerprint density at radius 2 is 1.74 bits per heavy atom. The molecule has 2 aliphatic rings. The van der Waals surface area contributed by atoms with E-state index in [0.717, 1.165) is 29.5 Å². The average Bonchev–Trinajstić information content (AvgIpc) is 3.65. The van der Waals surface area contributed by atoms with Gasteiger partial charge >= 0.3 is 6.03 Å². The van der Waals surface area contributed by atoms with Crippen molar-refractivity contribution < 1.29 is 17.9 Å². The summed E-state index contributed by atoms with van der Waals surface area (Å²) in [4.78, 5) is 29.5. The minimum atomic E-state index is -3.74. The maximum atomic E-state index is 13.8. The molecule has 0 radical (unpaired) electrons. The van der Waals surface area contributed by atoms with Crippen LogP contribution in [0.2, 0.25) is 0 Å². The van der Waals surface area contributed by atoms with Crippen LogP contribution in [-0.2, 0) is 28.4 Å². The second-order valence-corrected chi connectivity index (χ2v) is 15.0. The van der Waals surface area contributed by atoms with Crippen LogP contribution in [-0.4, -0.2) is 81.9 Å². The van der Waals surface area contributed by atoms with Gasteiger partial charge in [-0.05, 0) is 55.5 Å². The highest BCUT2D eigenvalue weighted by Gasteiger charge is 2.32. The topological polar surface area (TPSA) is 171 Å². The zero-order chi connectivity index (χ0) is 36.8. The van der Waals surface area contributed by atoms with Gasteiger partial charge in [0.05, 0.1) is 41.8 Å². The van der Waals surface area contributed by atoms with Crippen molar-refractivity contribution >= 4 is 27.8 Å². The maximum Gasteiger partial charge on any atom is 0.323 e. The van der Waals surface area contributed by atoms with Gasteiger partial charge in [-0.25, -0.2) is 28.2 Å². The van der Waals surface area contributed by atoms with Gasteiger partial charge in [0.2, 0.25) is 16.0 Å². The predicted molar refractivity (Wildman–Crippen MR) is 199 cm³/mol. The molecule has 3 aromatic heterocycles. The Hall–Kier alpha value is -5.69. The van der Waals surface area contributed by atoms with E-state index >= 15 is 0 Å². The Morgan fingerprint density at radius 1 is 0.943 bits per heavy atom. The molecule has 2 fully saturated rings. The fourth-order valence-corrected chi connectivity index (χ4v) is 8.19. The molecule has 1 saturated heterocycles. The quantitative estimate of drug-likeness (QED) is 0.200. The number of urea groups is 1. The lowest BCUT2D eigenvalue weighted by molar-refractivity contribution is 0.0730. The van der Waals surface area contributed by atoms with Crippen molar-refractivity contribution in [2.24, 2.45) is 7.05 Å². The van der Waals surface area contributed by atoms with E-state index in [1.54, 1.807) is 46.2 Å². The van der Waals surface area contributed by atoms with Gasteiger partial charge in [-0.3, -0.25) is 9.58 Å². The summed E-state index contributed by atoms with van der Waals surface area (Å²) in [5.74, 6) is 0.909. The zero-order valence-corrected chi connectivity index (χ0v) is 30.1. The van der Waals surface area contributed by atoms with E-state index in [0.29, 0.717) is 55.6 Å². The number of nitrogens with zero attached hydrogens (tertiary/aromatic N) is 8. The number of nitrogens with one attached hydrogen (secondary N) is 2. The molecule has 2 aromatic carbocycles. The monoisotopic (exact) mass is 732 g/mol. The van der Waals surface area contributed by atoms with Gasteiger partial charge in [0.25, 0.3) is 0 Å². The number of hydrogen-bond acceptors (Lipinski definition) is 10. The maximum absolute atomic E-state index is 13.8. The van der Waals surface area contributed by atoms with Crippen LogP contribution in [0.25, 0.3) is 22.4 Å². The van der Waals surface area contributed by atoms with Crippen molar-refractivity contribution in [3.8, 4) is 28.5 Å². The molecule has 0 bridgehead atoms. The number of benzene rings is 2. The SMILES string of the molecule is Cn1cc(-c2ccc(N(C(=O)NCc3ccccc3)C3CCC(Nc4ncc(C#N)c(-c5cccc(S(=O)(=O)N6CCOCC6)c5)n4)CC3)nc2)cn1. The van der Waals surface area contributed by atoms with Crippen LogP contribution in [0, 0.1) is 11.3 Å². The highest BCUT2D eigenvalue weighted by Crippen LogP contribution is 2.31. The molecule has 5 aromatic rings. The number of carbonyl (C=O) groups is 1. The zero-order valence-electron chi connectivity index (χ0n) is 29.3. The van der Waals surface area contributed by atoms with Crippen molar-refractivity contribution in [2.45, 2.75) is 49.2 Å². The molecule has 4 heterocycles. The van der Waals surface area contributed by atoms with Crippen molar-refractivity contribution in [1.29, 1.82) is 5.26 Å². The molecule has 2 amide bonds. The first kappa shape index (κ1) is 35.7. The summed E-state index contributed by atoms with van der Waals surface area (Å²) in [5, 5.41) is 20.7. The lowest BCUT2D eigenvalue weighted by atomic mass is 9.90. The van der Waals surface area contributed by atoms with Gasteiger partial charge in [0.15, 0.2) is 0 Å². The van der Waals surface area contributed by atoms with Gasteiger partial charge in [0.1, 0.15) is 11.9 Å². The normalized spacial score (nSPS) is 17.8. The smallest absolute Gasteiger partial charge is 0.323 e. The number of carbonyl (C=O) groups excluding carboxylic acids is 1. The van der Waals surface area contributed by atoms with Gasteiger partial charge in [-0.2, -0.15) is 14.7 Å². The molecular weight excluding hydrogens is 693 g/mol. The fourth-order valence-electron chi connectivity index (χ4n) is 6.74. The number of pyridine rings is 1. The van der Waals surface area contributed by atoms with Crippen LogP contribution < -0.4 is 15.5 Å². The average molecular weight is 733 g/mol. The molecule has 1 aliphatic heterocycles. The second-order valence-electron chi connectivity index (χ2n) is 13.1. The highest BCUT2D eigenvalue weighted by molar-refractivity contribution is 7.89. The summed E-state index contributed by atoms with van der Waals surface area (Å²) in [6, 6.07) is 22.0. The number of rotatable bonds is 10. The second kappa shape index (κ2) is 15.9. The van der Waals surface area contributed by atoms with Crippen LogP contribution in [0.4, 0.5) is 16.6 Å². The van der Waals surface area contributed by atoms with Crippen molar-refractivity contribution in [3.05, 3.63) is 103 Å². The minimum absolute atomic E-state index is 0.00946. The third kappa shape index (κ3) is 8.20. The molecule has 272 valence electrons. The van der Waals surface area contributed by atoms with E-state index in [9.17, 15) is 18.5 Å². The summed E-state index contributed by atoms with van der Waals surface area (Å²) < 4.78 is 35.2. The largest absolute Gasteiger partial charge is 0.379 e. The molecule has 1 aliphatic carbocycles. The van der Waals surface area contributed by atoms with Crippen LogP contribution in [0.1, 0.15) is 36.8 Å². The van der Waals surface area contributed by atoms with E-state index in [1.807, 2.05) is 55.7 Å². The molecule has 53 heavy (non-hydrogen) atoms. The number of amides is 2. The molecule has 15 heteroatoms. The molecule has 7 rings (SSSR count). The van der Waals surface area contributed by atoms with Crippen molar-refractivity contribution in [3.63, 3.8) is 0 Å². The Kier molecular flexibility index (Phi) is 10.7. The van der Waals surface area contributed by atoms with E-state index in [2.05, 4.69) is 26.8 Å². The Bertz CT molecular complexity index is 2190. The summed E-state index contributed by atoms with van der Waals surface area (Å²) in [6.45, 7) is 1.64. The fraction of sp³-hybridized carbons (Fsp3) is 0.316. The Labute approximate surface area is 308 Å². The first-order valence-corrected chi connectivity index (χ1v) is 19.0. The van der Waals surface area contributed by atoms with Gasteiger partial charge in [-0.15, -0.1) is 0 Å². The Morgan fingerprint density at radius 3 is 2.43 bits per heavy atom. The van der Waals surface area contributed by atoms with Crippen LogP contribution in [0.15, 0.2) is 96.4 Å². The summed E-state index contributed by atoms with van der Waals surface area (Å²) >= 11 is 0. The number of nitriles is 1. The predicted octanol–water partition coefficient (Wildman–Crippen LogP) is 4.97. The number of sulfonamides is 1. The van der Waals surface area contributed by atoms with Crippen molar-refractivity contribution in [1.82, 2.24) is 34.4 Å². The molecule has 0 atom stereocenters. The van der Waals surface area contributed by atoms with Gasteiger partial charge < -0.3 is 15.4 Å². The summed E-state index contributed by atoms with van der Waals surface area (Å²) in [6.07, 6.45) is 9.79. The number of aryl methyl sites for hydroxylation is 1. The number of aromatic nitrogens is 5. The van der Waals surface area contributed by atoms with E-state index in [1.165, 1.54) is 10.5 Å². The third-order valence-electron chi connectivity index (χ3n) is 9.56. The molecule has 0 spiro atoms. The molecule has 2 N–H and O–H groups in total. The number of morpholine rings is 1. The van der Waals surface area contributed by atoms with Gasteiger partial charge in [0, 0.05) is 67.8 Å². The molecule has 0 unspecified atom stereocenters. The third-order valence-corrected chi connectivity index (χ3v) is 11.5. The molecule has 1 saturated carbocycles. The summed E-state index contributed by atoms with van der Waals surface area (Å²) in [7, 11) is -1.88. The van der Waals surface area contributed by atoms with E-state index in [4.69, 9.17) is 14.7 Å². The van der Waals surface area contributed by atoms with Crippen LogP contribution in [0.5, 0.6) is 0 Å². The standard InChI is InChI=1S/C38H40N10O4S/c1-46-26-31(25-43-46)29-10-15-35(40-23-29)48(38(49)42-22-27-6-3-2-4-7-27)33-13-11-32(12-14-33)44-37-41-24-30(21-39)36(45-37)28-8-5-9-34(20-28)53(50,51)47-16-18-52-19-17-47/h2-10,15,20,23-26,32-33H,11-14,16-19,22H2,1H3,(H,42,49)(H,41,44,45). The minimum Gasteiger partial charge on any atom is -0.379 e. The summed E-state index contributed by atoms with van der Waals surface area (Å²) in [5.41, 5.74) is 3.94. The van der Waals surface area contributed by atoms with Crippen LogP contribution in [0.3, 0.4) is 0 Å². The van der Waals surface area contributed by atoms with Crippen molar-refractivity contribution in [2.75, 3.05) is 36.5 Å². The highest BCUT2D eigenvalue weighted by atomic mass is 32.2. The Balaban J connectivity index is 1.06. The number of anilines is 2. The lowest BCUT2D eigenvalue weighted by Gasteiger charge is -2.36. The first-order valence-electron chi connectivity index (χ1n) is 17.6. The molecular formula is C38H40N10O4S. The van der Waals surface area contributed by atoms with E-state index < -0.39 is 10.0 Å². The molecule has 14 nitrogen and oxygen atoms in total. The lowest BCUT2D eigenvalue weighted by Crippen LogP contribution is -2.49. The number of hydrogen-bond donors (Lipinski definition) is 2. The van der Waals surface area contributed by atoms with E-state index in [-0.39, 0.29) is 41.7 Å². The van der Waals surface area contributed by atoms with Crippen LogP contribution >= 0.6 is 0 Å². The number of ether oxygens (including phenoxy) is 1. The van der Waals surface area contributed by atoms with Gasteiger partial charge in [-0.1, -0.05) is 42.5 Å².